The number of carbonyl (C=O) groups excluding carboxylic acids is 3. The average molecular weight is 459 g/mol. The molecule has 1 aromatic heterocycles. The van der Waals surface area contributed by atoms with Crippen LogP contribution >= 0.6 is 0 Å². The molecular formula is C23H17F4N3O3. The van der Waals surface area contributed by atoms with Crippen LogP contribution in [0.2, 0.25) is 0 Å². The van der Waals surface area contributed by atoms with E-state index in [1.807, 2.05) is 0 Å². The van der Waals surface area contributed by atoms with Crippen LogP contribution in [0.25, 0.3) is 4.85 Å². The zero-order chi connectivity index (χ0) is 24.7. The molecule has 0 aliphatic heterocycles. The third-order valence-corrected chi connectivity index (χ3v) is 5.65. The van der Waals surface area contributed by atoms with Gasteiger partial charge in [-0.05, 0) is 25.1 Å². The number of nitrogens with zero attached hydrogens (tertiary/aromatic N) is 2. The number of amides is 1. The lowest BCUT2D eigenvalue weighted by Crippen LogP contribution is -2.47. The molecule has 2 aromatic rings. The first-order valence-electron chi connectivity index (χ1n) is 9.61. The Kier molecular flexibility index (Phi) is 5.91. The maximum Gasteiger partial charge on any atom is 0.275 e. The number of aromatic nitrogens is 1. The highest BCUT2D eigenvalue weighted by Crippen LogP contribution is 2.53. The summed E-state index contributed by atoms with van der Waals surface area (Å²) >= 11 is 0. The molecule has 33 heavy (non-hydrogen) atoms. The molecule has 1 saturated carbocycles. The van der Waals surface area contributed by atoms with Gasteiger partial charge in [-0.3, -0.25) is 14.4 Å². The van der Waals surface area contributed by atoms with Gasteiger partial charge in [0.25, 0.3) is 11.8 Å². The molecule has 0 saturated heterocycles. The average Bonchev–Trinajstić information content (AvgIpc) is 2.95. The van der Waals surface area contributed by atoms with Crippen LogP contribution in [0.5, 0.6) is 0 Å². The fourth-order valence-corrected chi connectivity index (χ4v) is 3.89. The van der Waals surface area contributed by atoms with E-state index in [2.05, 4.69) is 16.1 Å². The van der Waals surface area contributed by atoms with Gasteiger partial charge in [0, 0.05) is 43.1 Å². The van der Waals surface area contributed by atoms with Crippen LogP contribution in [-0.4, -0.2) is 28.0 Å². The van der Waals surface area contributed by atoms with Crippen LogP contribution in [0.15, 0.2) is 18.2 Å². The summed E-state index contributed by atoms with van der Waals surface area (Å²) in [4.78, 5) is 40.8. The number of nitrogens with one attached hydrogen (secondary N) is 1. The predicted molar refractivity (Wildman–Crippen MR) is 110 cm³/mol. The van der Waals surface area contributed by atoms with E-state index in [0.29, 0.717) is 0 Å². The molecule has 1 aromatic carbocycles. The van der Waals surface area contributed by atoms with Crippen molar-refractivity contribution < 1.29 is 31.9 Å². The van der Waals surface area contributed by atoms with E-state index in [4.69, 9.17) is 13.0 Å². The number of terminal acetylenes is 1. The molecule has 0 atom stereocenters. The smallest absolute Gasteiger partial charge is 0.275 e. The maximum atomic E-state index is 15.1. The number of alkyl halides is 2. The second-order valence-corrected chi connectivity index (χ2v) is 7.98. The summed E-state index contributed by atoms with van der Waals surface area (Å²) < 4.78 is 56.2. The molecule has 0 unspecified atom stereocenters. The minimum atomic E-state index is -3.03. The largest absolute Gasteiger partial charge is 0.341 e. The number of ketones is 2. The number of carbonyl (C=O) groups is 3. The molecule has 1 heterocycles. The first kappa shape index (κ1) is 23.7. The molecule has 1 N–H and O–H groups in total. The zero-order valence-corrected chi connectivity index (χ0v) is 17.6. The van der Waals surface area contributed by atoms with Crippen LogP contribution in [0.3, 0.4) is 0 Å². The number of hydrogen-bond donors (Lipinski definition) is 1. The summed E-state index contributed by atoms with van der Waals surface area (Å²) in [7, 11) is 1.29. The van der Waals surface area contributed by atoms with Crippen LogP contribution in [-0.2, 0) is 11.8 Å². The van der Waals surface area contributed by atoms with Crippen molar-refractivity contribution in [3.8, 4) is 12.3 Å². The summed E-state index contributed by atoms with van der Waals surface area (Å²) in [5.74, 6) is -6.37. The molecule has 1 fully saturated rings. The molecule has 170 valence electrons. The van der Waals surface area contributed by atoms with E-state index in [9.17, 15) is 27.6 Å². The number of rotatable bonds is 6. The predicted octanol–water partition coefficient (Wildman–Crippen LogP) is 4.61. The molecule has 6 nitrogen and oxygen atoms in total. The Balaban J connectivity index is 1.87. The van der Waals surface area contributed by atoms with E-state index in [0.717, 1.165) is 16.7 Å². The van der Waals surface area contributed by atoms with E-state index in [1.54, 1.807) is 0 Å². The summed E-state index contributed by atoms with van der Waals surface area (Å²) in [5, 5.41) is 2.31. The van der Waals surface area contributed by atoms with Gasteiger partial charge in [-0.2, -0.15) is 0 Å². The Hall–Kier alpha value is -3.92. The van der Waals surface area contributed by atoms with E-state index in [1.165, 1.54) is 20.0 Å². The van der Waals surface area contributed by atoms with Gasteiger partial charge in [0.15, 0.2) is 5.82 Å². The number of Topliss-reactive ketones (excluding diaryl/α,β-unsaturated/α-hetero) is 2. The number of halogens is 4. The minimum absolute atomic E-state index is 0.0106. The molecule has 0 spiro atoms. The molecular weight excluding hydrogens is 442 g/mol. The van der Waals surface area contributed by atoms with Gasteiger partial charge in [-0.15, -0.1) is 6.42 Å². The quantitative estimate of drug-likeness (QED) is 0.226. The second kappa shape index (κ2) is 8.21. The van der Waals surface area contributed by atoms with Crippen molar-refractivity contribution in [2.45, 2.75) is 32.1 Å². The minimum Gasteiger partial charge on any atom is -0.341 e. The number of anilines is 1. The lowest BCUT2D eigenvalue weighted by Gasteiger charge is -2.43. The lowest BCUT2D eigenvalue weighted by molar-refractivity contribution is -0.146. The fourth-order valence-electron chi connectivity index (χ4n) is 3.89. The molecule has 1 aliphatic carbocycles. The van der Waals surface area contributed by atoms with Crippen molar-refractivity contribution in [3.05, 3.63) is 58.2 Å². The van der Waals surface area contributed by atoms with Gasteiger partial charge in [-0.1, -0.05) is 5.92 Å². The molecule has 0 radical (unpaired) electrons. The second-order valence-electron chi connectivity index (χ2n) is 7.98. The Morgan fingerprint density at radius 2 is 1.91 bits per heavy atom. The Bertz CT molecular complexity index is 1270. The van der Waals surface area contributed by atoms with E-state index >= 15 is 4.39 Å². The highest BCUT2D eigenvalue weighted by atomic mass is 19.3. The number of hydrogen-bond acceptors (Lipinski definition) is 3. The van der Waals surface area contributed by atoms with Gasteiger partial charge in [0.1, 0.15) is 11.5 Å². The van der Waals surface area contributed by atoms with Crippen LogP contribution in [0, 0.1) is 42.9 Å². The van der Waals surface area contributed by atoms with Crippen molar-refractivity contribution in [2.75, 3.05) is 5.32 Å². The van der Waals surface area contributed by atoms with Crippen molar-refractivity contribution in [2.24, 2.45) is 12.5 Å². The third-order valence-electron chi connectivity index (χ3n) is 5.65. The van der Waals surface area contributed by atoms with Gasteiger partial charge in [0.05, 0.1) is 12.1 Å². The first-order chi connectivity index (χ1) is 15.3. The van der Waals surface area contributed by atoms with E-state index in [-0.39, 0.29) is 17.1 Å². The topological polar surface area (TPSA) is 72.5 Å². The van der Waals surface area contributed by atoms with Gasteiger partial charge in [-0.25, -0.2) is 22.4 Å². The monoisotopic (exact) mass is 459 g/mol. The molecule has 1 aliphatic rings. The summed E-state index contributed by atoms with van der Waals surface area (Å²) in [6, 6.07) is 3.17. The van der Waals surface area contributed by atoms with Crippen LogP contribution < -0.4 is 5.32 Å². The summed E-state index contributed by atoms with van der Waals surface area (Å²) in [6.07, 6.45) is 3.13. The van der Waals surface area contributed by atoms with Crippen LogP contribution in [0.4, 0.5) is 28.9 Å². The fraction of sp³-hybridized carbons (Fsp3) is 0.304. The standard InChI is InChI=1S/C23H17F4N3O3/c1-5-22(10-23(26,27)11-22)9-16(31)20(32)17-12(2)30(4)19(18(17)25)21(33)29-13-6-7-14(24)15(8-13)28-3/h1,6-8H,9-11H2,2,4H3,(H,29,33). The van der Waals surface area contributed by atoms with Crippen molar-refractivity contribution in [1.82, 2.24) is 4.57 Å². The lowest BCUT2D eigenvalue weighted by atomic mass is 9.63. The zero-order valence-electron chi connectivity index (χ0n) is 17.6. The Morgan fingerprint density at radius 3 is 2.45 bits per heavy atom. The SMILES string of the molecule is [C-]#[N+]c1cc(NC(=O)c2c(F)c(C(=O)C(=O)CC3(C#C)CC(F)(F)C3)c(C)n2C)ccc1F. The van der Waals surface area contributed by atoms with Gasteiger partial charge >= 0.3 is 0 Å². The third kappa shape index (κ3) is 4.24. The highest BCUT2D eigenvalue weighted by Gasteiger charge is 2.57. The molecule has 0 bridgehead atoms. The normalized spacial score (nSPS) is 15.6. The molecule has 3 rings (SSSR count). The Morgan fingerprint density at radius 1 is 1.27 bits per heavy atom. The van der Waals surface area contributed by atoms with E-state index < -0.39 is 71.0 Å². The van der Waals surface area contributed by atoms with Crippen molar-refractivity contribution in [3.63, 3.8) is 0 Å². The molecule has 1 amide bonds. The van der Waals surface area contributed by atoms with Crippen molar-refractivity contribution in [1.29, 1.82) is 0 Å². The summed E-state index contributed by atoms with van der Waals surface area (Å²) in [6.45, 7) is 8.22. The van der Waals surface area contributed by atoms with Gasteiger partial charge in [0.2, 0.25) is 17.3 Å². The van der Waals surface area contributed by atoms with Crippen LogP contribution in [0.1, 0.15) is 45.8 Å². The van der Waals surface area contributed by atoms with Crippen molar-refractivity contribution >= 4 is 28.8 Å². The Labute approximate surface area is 186 Å². The number of benzene rings is 1. The summed E-state index contributed by atoms with van der Waals surface area (Å²) in [5.41, 5.74) is -3.10. The molecule has 10 heteroatoms. The highest BCUT2D eigenvalue weighted by molar-refractivity contribution is 6.44. The maximum absolute atomic E-state index is 15.1. The van der Waals surface area contributed by atoms with Gasteiger partial charge < -0.3 is 9.88 Å². The first-order valence-corrected chi connectivity index (χ1v) is 9.61.